The number of nitrogens with one attached hydrogen (secondary N) is 2. The molecule has 5 nitrogen and oxygen atoms in total. The molecule has 1 aromatic heterocycles. The average Bonchev–Trinajstić information content (AvgIpc) is 2.85. The van der Waals surface area contributed by atoms with Crippen LogP contribution in [-0.4, -0.2) is 55.2 Å². The van der Waals surface area contributed by atoms with Crippen molar-refractivity contribution in [2.75, 3.05) is 43.4 Å². The van der Waals surface area contributed by atoms with Crippen LogP contribution in [-0.2, 0) is 6.54 Å². The van der Waals surface area contributed by atoms with E-state index < -0.39 is 0 Å². The lowest BCUT2D eigenvalue weighted by Crippen LogP contribution is -2.49. The Kier molecular flexibility index (Phi) is 7.00. The van der Waals surface area contributed by atoms with Crippen LogP contribution in [0, 0.1) is 0 Å². The number of piperidine rings is 2. The highest BCUT2D eigenvalue weighted by Crippen LogP contribution is 2.31. The van der Waals surface area contributed by atoms with Crippen molar-refractivity contribution in [2.45, 2.75) is 44.3 Å². The number of nitrogens with zero attached hydrogens (tertiary/aromatic N) is 3. The van der Waals surface area contributed by atoms with Crippen LogP contribution in [0.4, 0.5) is 11.5 Å². The highest BCUT2D eigenvalue weighted by molar-refractivity contribution is 6.30. The molecule has 0 atom stereocenters. The van der Waals surface area contributed by atoms with Gasteiger partial charge in [0.25, 0.3) is 0 Å². The van der Waals surface area contributed by atoms with Crippen LogP contribution in [0.3, 0.4) is 0 Å². The minimum absolute atomic E-state index is 0.630. The largest absolute Gasteiger partial charge is 0.371 e. The first-order chi connectivity index (χ1) is 16.1. The maximum Gasteiger partial charge on any atom is 0.129 e. The molecule has 0 amide bonds. The topological polar surface area (TPSA) is 43.4 Å². The van der Waals surface area contributed by atoms with E-state index in [4.69, 9.17) is 16.6 Å². The number of halogens is 1. The van der Waals surface area contributed by atoms with Crippen molar-refractivity contribution in [1.29, 1.82) is 0 Å². The van der Waals surface area contributed by atoms with Crippen LogP contribution in [0.25, 0.3) is 10.9 Å². The maximum atomic E-state index is 6.03. The molecular formula is C27H34ClN5. The summed E-state index contributed by atoms with van der Waals surface area (Å²) in [6, 6.07) is 20.0. The lowest BCUT2D eigenvalue weighted by atomic mass is 9.99. The molecule has 2 saturated heterocycles. The van der Waals surface area contributed by atoms with Crippen LogP contribution >= 0.6 is 11.6 Å². The molecule has 6 heteroatoms. The van der Waals surface area contributed by atoms with E-state index in [1.807, 2.05) is 12.1 Å². The van der Waals surface area contributed by atoms with Crippen LogP contribution in [0.5, 0.6) is 0 Å². The van der Waals surface area contributed by atoms with Crippen molar-refractivity contribution < 1.29 is 0 Å². The summed E-state index contributed by atoms with van der Waals surface area (Å²) >= 11 is 6.03. The number of hydrogen-bond donors (Lipinski definition) is 2. The second kappa shape index (κ2) is 10.3. The first-order valence-corrected chi connectivity index (χ1v) is 12.6. The molecule has 0 unspecified atom stereocenters. The van der Waals surface area contributed by atoms with Gasteiger partial charge in [-0.1, -0.05) is 41.9 Å². The molecule has 0 aliphatic carbocycles. The van der Waals surface area contributed by atoms with E-state index in [1.165, 1.54) is 55.4 Å². The highest BCUT2D eigenvalue weighted by Gasteiger charge is 2.25. The van der Waals surface area contributed by atoms with Gasteiger partial charge >= 0.3 is 0 Å². The van der Waals surface area contributed by atoms with Gasteiger partial charge in [-0.3, -0.25) is 0 Å². The summed E-state index contributed by atoms with van der Waals surface area (Å²) in [4.78, 5) is 9.87. The Morgan fingerprint density at radius 3 is 2.30 bits per heavy atom. The Labute approximate surface area is 202 Å². The second-order valence-corrected chi connectivity index (χ2v) is 9.97. The number of likely N-dealkylation sites (tertiary alicyclic amines) is 1. The molecule has 0 bridgehead atoms. The van der Waals surface area contributed by atoms with Gasteiger partial charge in [-0.15, -0.1) is 0 Å². The van der Waals surface area contributed by atoms with Crippen molar-refractivity contribution in [3.63, 3.8) is 0 Å². The molecule has 0 radical (unpaired) electrons. The molecule has 5 rings (SSSR count). The van der Waals surface area contributed by atoms with Crippen LogP contribution < -0.4 is 15.5 Å². The molecule has 2 aromatic carbocycles. The van der Waals surface area contributed by atoms with E-state index in [9.17, 15) is 0 Å². The van der Waals surface area contributed by atoms with E-state index in [0.717, 1.165) is 36.0 Å². The number of anilines is 2. The highest BCUT2D eigenvalue weighted by atomic mass is 35.5. The fourth-order valence-electron chi connectivity index (χ4n) is 5.10. The van der Waals surface area contributed by atoms with Gasteiger partial charge in [-0.25, -0.2) is 4.98 Å². The van der Waals surface area contributed by atoms with Gasteiger partial charge in [-0.05, 0) is 69.6 Å². The third-order valence-corrected chi connectivity index (χ3v) is 7.36. The van der Waals surface area contributed by atoms with E-state index >= 15 is 0 Å². The molecule has 3 heterocycles. The smallest absolute Gasteiger partial charge is 0.129 e. The summed E-state index contributed by atoms with van der Waals surface area (Å²) < 4.78 is 0. The zero-order valence-corrected chi connectivity index (χ0v) is 20.2. The van der Waals surface area contributed by atoms with Crippen molar-refractivity contribution >= 4 is 34.0 Å². The number of aromatic nitrogens is 1. The first kappa shape index (κ1) is 22.5. The van der Waals surface area contributed by atoms with Gasteiger partial charge < -0.3 is 20.4 Å². The Morgan fingerprint density at radius 1 is 0.909 bits per heavy atom. The predicted octanol–water partition coefficient (Wildman–Crippen LogP) is 5.15. The number of pyridine rings is 1. The van der Waals surface area contributed by atoms with Crippen LogP contribution in [0.15, 0.2) is 54.6 Å². The van der Waals surface area contributed by atoms with Gasteiger partial charge in [0, 0.05) is 53.9 Å². The third kappa shape index (κ3) is 5.60. The number of fused-ring (bicyclic) bond motifs is 1. The van der Waals surface area contributed by atoms with Gasteiger partial charge in [-0.2, -0.15) is 0 Å². The Morgan fingerprint density at radius 2 is 1.58 bits per heavy atom. The van der Waals surface area contributed by atoms with Gasteiger partial charge in [0.2, 0.25) is 0 Å². The molecular weight excluding hydrogens is 430 g/mol. The SMILES string of the molecule is CN1CCC(NC2CCN(c3cc(NCc4ccc(Cl)cc4)nc4ccccc34)CC2)CC1. The molecule has 174 valence electrons. The Hall–Kier alpha value is -2.34. The normalized spacial score (nSPS) is 18.7. The second-order valence-electron chi connectivity index (χ2n) is 9.53. The standard InChI is InChI=1S/C27H34ClN5/c1-32-14-10-22(11-15-32)30-23-12-16-33(17-13-23)26-18-27(31-25-5-3-2-4-24(25)26)29-19-20-6-8-21(28)9-7-20/h2-9,18,22-23,30H,10-17,19H2,1H3,(H,29,31). The van der Waals surface area contributed by atoms with Crippen molar-refractivity contribution in [3.05, 3.63) is 65.2 Å². The molecule has 2 aliphatic rings. The van der Waals surface area contributed by atoms with E-state index in [0.29, 0.717) is 12.1 Å². The van der Waals surface area contributed by atoms with Crippen LogP contribution in [0.1, 0.15) is 31.2 Å². The monoisotopic (exact) mass is 463 g/mol. The molecule has 2 N–H and O–H groups in total. The van der Waals surface area contributed by atoms with Gasteiger partial charge in [0.1, 0.15) is 5.82 Å². The van der Waals surface area contributed by atoms with E-state index in [1.54, 1.807) is 0 Å². The summed E-state index contributed by atoms with van der Waals surface area (Å²) in [6.07, 6.45) is 4.93. The third-order valence-electron chi connectivity index (χ3n) is 7.11. The minimum atomic E-state index is 0.630. The molecule has 2 aliphatic heterocycles. The molecule has 3 aromatic rings. The number of benzene rings is 2. The summed E-state index contributed by atoms with van der Waals surface area (Å²) in [5.74, 6) is 0.922. The van der Waals surface area contributed by atoms with Gasteiger partial charge in [0.05, 0.1) is 5.52 Å². The summed E-state index contributed by atoms with van der Waals surface area (Å²) in [5, 5.41) is 9.47. The minimum Gasteiger partial charge on any atom is -0.371 e. The number of hydrogen-bond acceptors (Lipinski definition) is 5. The lowest BCUT2D eigenvalue weighted by Gasteiger charge is -2.38. The lowest BCUT2D eigenvalue weighted by molar-refractivity contribution is 0.217. The number of para-hydroxylation sites is 1. The van der Waals surface area contributed by atoms with Crippen molar-refractivity contribution in [2.24, 2.45) is 0 Å². The number of rotatable bonds is 6. The van der Waals surface area contributed by atoms with Crippen molar-refractivity contribution in [3.8, 4) is 0 Å². The van der Waals surface area contributed by atoms with Crippen LogP contribution in [0.2, 0.25) is 5.02 Å². The fraction of sp³-hybridized carbons (Fsp3) is 0.444. The van der Waals surface area contributed by atoms with E-state index in [2.05, 4.69) is 69.9 Å². The summed E-state index contributed by atoms with van der Waals surface area (Å²) in [5.41, 5.74) is 3.52. The zero-order valence-electron chi connectivity index (χ0n) is 19.4. The Bertz CT molecular complexity index is 1050. The quantitative estimate of drug-likeness (QED) is 0.529. The molecule has 0 saturated carbocycles. The zero-order chi connectivity index (χ0) is 22.6. The van der Waals surface area contributed by atoms with Crippen molar-refractivity contribution in [1.82, 2.24) is 15.2 Å². The fourth-order valence-corrected chi connectivity index (χ4v) is 5.23. The Balaban J connectivity index is 1.26. The average molecular weight is 464 g/mol. The summed E-state index contributed by atoms with van der Waals surface area (Å²) in [6.45, 7) is 5.31. The maximum absolute atomic E-state index is 6.03. The predicted molar refractivity (Wildman–Crippen MR) is 139 cm³/mol. The first-order valence-electron chi connectivity index (χ1n) is 12.2. The van der Waals surface area contributed by atoms with E-state index in [-0.39, 0.29) is 0 Å². The molecule has 33 heavy (non-hydrogen) atoms. The summed E-state index contributed by atoms with van der Waals surface area (Å²) in [7, 11) is 2.23. The molecule has 0 spiro atoms. The molecule has 2 fully saturated rings. The van der Waals surface area contributed by atoms with Gasteiger partial charge in [0.15, 0.2) is 0 Å².